The first-order valence-electron chi connectivity index (χ1n) is 8.67. The lowest BCUT2D eigenvalue weighted by molar-refractivity contribution is -0.147. The van der Waals surface area contributed by atoms with Gasteiger partial charge in [0.05, 0.1) is 36.8 Å². The third-order valence-electron chi connectivity index (χ3n) is 4.31. The first-order valence-corrected chi connectivity index (χ1v) is 10.2. The van der Waals surface area contributed by atoms with E-state index >= 15 is 0 Å². The molecule has 3 amide bonds. The summed E-state index contributed by atoms with van der Waals surface area (Å²) in [5, 5.41) is 0.986. The van der Waals surface area contributed by atoms with Crippen LogP contribution < -0.4 is 5.32 Å². The number of nitrogens with zero attached hydrogens (tertiary/aromatic N) is 1. The highest BCUT2D eigenvalue weighted by molar-refractivity contribution is 6.55. The van der Waals surface area contributed by atoms with E-state index in [1.807, 2.05) is 0 Å². The highest BCUT2D eigenvalue weighted by Crippen LogP contribution is 2.44. The average molecular weight is 544 g/mol. The number of esters is 1. The van der Waals surface area contributed by atoms with Crippen molar-refractivity contribution < 1.29 is 37.1 Å². The van der Waals surface area contributed by atoms with Gasteiger partial charge in [-0.15, -0.1) is 0 Å². The predicted molar refractivity (Wildman–Crippen MR) is 113 cm³/mol. The second-order valence-electron chi connectivity index (χ2n) is 6.49. The lowest BCUT2D eigenvalue weighted by Crippen LogP contribution is -2.36. The van der Waals surface area contributed by atoms with E-state index in [1.54, 1.807) is 0 Å². The van der Waals surface area contributed by atoms with Gasteiger partial charge in [0, 0.05) is 5.69 Å². The van der Waals surface area contributed by atoms with Gasteiger partial charge in [0.25, 0.3) is 17.7 Å². The topological polar surface area (TPSA) is 92.8 Å². The van der Waals surface area contributed by atoms with Crippen molar-refractivity contribution in [3.05, 3.63) is 61.0 Å². The summed E-state index contributed by atoms with van der Waals surface area (Å²) >= 11 is 23.7. The van der Waals surface area contributed by atoms with Gasteiger partial charge in [0.2, 0.25) is 0 Å². The van der Waals surface area contributed by atoms with Gasteiger partial charge in [-0.1, -0.05) is 52.5 Å². The quantitative estimate of drug-likeness (QED) is 0.245. The molecule has 2 aromatic rings. The van der Waals surface area contributed by atoms with Crippen molar-refractivity contribution in [1.82, 2.24) is 4.90 Å². The van der Waals surface area contributed by atoms with Crippen LogP contribution in [0.5, 0.6) is 0 Å². The lowest BCUT2D eigenvalue weighted by atomic mass is 10.1. The Morgan fingerprint density at radius 1 is 0.939 bits per heavy atom. The normalized spacial score (nSPS) is 13.2. The summed E-state index contributed by atoms with van der Waals surface area (Å²) in [7, 11) is 0. The second-order valence-corrected chi connectivity index (χ2v) is 8.00. The second kappa shape index (κ2) is 9.38. The van der Waals surface area contributed by atoms with E-state index in [-0.39, 0.29) is 36.9 Å². The molecule has 0 spiro atoms. The first-order chi connectivity index (χ1) is 15.3. The van der Waals surface area contributed by atoms with E-state index in [4.69, 9.17) is 51.1 Å². The summed E-state index contributed by atoms with van der Waals surface area (Å²) in [6, 6.07) is 3.80. The number of amides is 3. The van der Waals surface area contributed by atoms with Crippen LogP contribution in [0.3, 0.4) is 0 Å². The Morgan fingerprint density at radius 2 is 1.48 bits per heavy atom. The minimum Gasteiger partial charge on any atom is -0.454 e. The van der Waals surface area contributed by atoms with Gasteiger partial charge in [-0.3, -0.25) is 24.1 Å². The Bertz CT molecular complexity index is 1160. The number of carbonyl (C=O) groups is 4. The monoisotopic (exact) mass is 542 g/mol. The number of ether oxygens (including phenoxy) is 1. The third-order valence-corrected chi connectivity index (χ3v) is 6.11. The van der Waals surface area contributed by atoms with Crippen LogP contribution in [0.15, 0.2) is 24.3 Å². The summed E-state index contributed by atoms with van der Waals surface area (Å²) in [5.41, 5.74) is -1.84. The molecule has 2 aromatic carbocycles. The van der Waals surface area contributed by atoms with Crippen molar-refractivity contribution in [2.45, 2.75) is 6.18 Å². The molecular formula is C19H9Cl4F3N2O5. The number of carbonyl (C=O) groups excluding carboxylic acids is 4. The maximum atomic E-state index is 12.7. The Morgan fingerprint density at radius 3 is 2.00 bits per heavy atom. The standard InChI is InChI=1S/C19H9Cl4F3N2O5/c20-13-11-12(14(21)16(23)15(13)22)18(32)28(17(11)31)5-10(30)33-6-9(29)27-8-3-1-2-7(4-8)19(24,25)26/h1-4H,5-6H2,(H,27,29). The van der Waals surface area contributed by atoms with Crippen LogP contribution in [-0.4, -0.2) is 41.7 Å². The molecule has 0 aliphatic carbocycles. The summed E-state index contributed by atoms with van der Waals surface area (Å²) in [4.78, 5) is 49.6. The van der Waals surface area contributed by atoms with Crippen LogP contribution in [0.4, 0.5) is 18.9 Å². The molecule has 33 heavy (non-hydrogen) atoms. The molecule has 0 radical (unpaired) electrons. The van der Waals surface area contributed by atoms with Gasteiger partial charge in [-0.05, 0) is 18.2 Å². The fourth-order valence-electron chi connectivity index (χ4n) is 2.83. The molecule has 0 unspecified atom stereocenters. The number of fused-ring (bicyclic) bond motifs is 1. The predicted octanol–water partition coefficient (Wildman–Crippen LogP) is 5.10. The Labute approximate surface area is 203 Å². The van der Waals surface area contributed by atoms with Crippen LogP contribution in [0.2, 0.25) is 20.1 Å². The summed E-state index contributed by atoms with van der Waals surface area (Å²) in [5.74, 6) is -4.07. The van der Waals surface area contributed by atoms with Crippen molar-refractivity contribution in [2.24, 2.45) is 0 Å². The molecule has 14 heteroatoms. The molecule has 0 aromatic heterocycles. The molecule has 0 fully saturated rings. The number of nitrogens with one attached hydrogen (secondary N) is 1. The molecule has 1 aliphatic heterocycles. The molecule has 0 bridgehead atoms. The Hall–Kier alpha value is -2.53. The van der Waals surface area contributed by atoms with Gasteiger partial charge in [-0.25, -0.2) is 0 Å². The summed E-state index contributed by atoms with van der Waals surface area (Å²) in [6.07, 6.45) is -4.61. The number of benzene rings is 2. The minimum absolute atomic E-state index is 0.177. The maximum Gasteiger partial charge on any atom is 0.416 e. The van der Waals surface area contributed by atoms with Gasteiger partial charge in [0.15, 0.2) is 6.61 Å². The van der Waals surface area contributed by atoms with E-state index in [1.165, 1.54) is 6.07 Å². The molecule has 7 nitrogen and oxygen atoms in total. The van der Waals surface area contributed by atoms with Crippen molar-refractivity contribution in [3.8, 4) is 0 Å². The molecule has 1 N–H and O–H groups in total. The van der Waals surface area contributed by atoms with Crippen molar-refractivity contribution in [2.75, 3.05) is 18.5 Å². The Kier molecular flexibility index (Phi) is 7.13. The summed E-state index contributed by atoms with van der Waals surface area (Å²) in [6.45, 7) is -1.79. The van der Waals surface area contributed by atoms with E-state index in [2.05, 4.69) is 5.32 Å². The van der Waals surface area contributed by atoms with E-state index in [9.17, 15) is 32.3 Å². The van der Waals surface area contributed by atoms with Crippen LogP contribution in [0, 0.1) is 0 Å². The molecule has 1 aliphatic rings. The lowest BCUT2D eigenvalue weighted by Gasteiger charge is -2.13. The number of rotatable bonds is 5. The zero-order valence-corrected chi connectivity index (χ0v) is 18.9. The number of imide groups is 1. The fraction of sp³-hybridized carbons (Fsp3) is 0.158. The molecule has 3 rings (SSSR count). The van der Waals surface area contributed by atoms with Gasteiger partial charge >= 0.3 is 12.1 Å². The molecule has 174 valence electrons. The van der Waals surface area contributed by atoms with Crippen LogP contribution in [-0.2, 0) is 20.5 Å². The largest absolute Gasteiger partial charge is 0.454 e. The smallest absolute Gasteiger partial charge is 0.416 e. The van der Waals surface area contributed by atoms with Crippen LogP contribution >= 0.6 is 46.4 Å². The van der Waals surface area contributed by atoms with Crippen molar-refractivity contribution in [1.29, 1.82) is 0 Å². The van der Waals surface area contributed by atoms with Crippen LogP contribution in [0.25, 0.3) is 0 Å². The highest BCUT2D eigenvalue weighted by atomic mass is 35.5. The SMILES string of the molecule is O=C(COC(=O)CN1C(=O)c2c(Cl)c(Cl)c(Cl)c(Cl)c2C1=O)Nc1cccc(C(F)(F)F)c1. The zero-order valence-electron chi connectivity index (χ0n) is 15.9. The van der Waals surface area contributed by atoms with Gasteiger partial charge < -0.3 is 10.1 Å². The third kappa shape index (κ3) is 5.03. The number of hydrogen-bond acceptors (Lipinski definition) is 5. The Balaban J connectivity index is 1.63. The molecule has 0 saturated heterocycles. The van der Waals surface area contributed by atoms with Gasteiger partial charge in [-0.2, -0.15) is 13.2 Å². The van der Waals surface area contributed by atoms with Crippen molar-refractivity contribution in [3.63, 3.8) is 0 Å². The fourth-order valence-corrected chi connectivity index (χ4v) is 3.84. The highest BCUT2D eigenvalue weighted by Gasteiger charge is 2.42. The molecule has 1 heterocycles. The molecule has 0 saturated carbocycles. The van der Waals surface area contributed by atoms with E-state index in [0.717, 1.165) is 12.1 Å². The van der Waals surface area contributed by atoms with E-state index in [0.29, 0.717) is 11.0 Å². The van der Waals surface area contributed by atoms with Crippen LogP contribution in [0.1, 0.15) is 26.3 Å². The minimum atomic E-state index is -4.61. The van der Waals surface area contributed by atoms with E-state index < -0.39 is 48.6 Å². The number of alkyl halides is 3. The molecule has 0 atom stereocenters. The first kappa shape index (κ1) is 25.1. The average Bonchev–Trinajstić information content (AvgIpc) is 2.99. The molecular weight excluding hydrogens is 535 g/mol. The van der Waals surface area contributed by atoms with Crippen molar-refractivity contribution >= 4 is 75.8 Å². The van der Waals surface area contributed by atoms with Gasteiger partial charge in [0.1, 0.15) is 6.54 Å². The maximum absolute atomic E-state index is 12.7. The number of anilines is 1. The number of halogens is 7. The zero-order chi connectivity index (χ0) is 24.7. The summed E-state index contributed by atoms with van der Waals surface area (Å²) < 4.78 is 42.9. The number of hydrogen-bond donors (Lipinski definition) is 1.